The third-order valence-electron chi connectivity index (χ3n) is 4.07. The van der Waals surface area contributed by atoms with Crippen molar-refractivity contribution in [3.05, 3.63) is 42.5 Å². The fourth-order valence-corrected chi connectivity index (χ4v) is 2.65. The number of aliphatic imine (C=N–C) groups is 1. The van der Waals surface area contributed by atoms with Crippen LogP contribution in [0.4, 0.5) is 5.69 Å². The summed E-state index contributed by atoms with van der Waals surface area (Å²) in [5.74, 6) is 1.69. The number of aryl methyl sites for hydroxylation is 1. The van der Waals surface area contributed by atoms with Crippen LogP contribution in [0.2, 0.25) is 0 Å². The molecule has 26 heavy (non-hydrogen) atoms. The van der Waals surface area contributed by atoms with Gasteiger partial charge in [-0.2, -0.15) is 0 Å². The van der Waals surface area contributed by atoms with Crippen molar-refractivity contribution < 1.29 is 0 Å². The third-order valence-corrected chi connectivity index (χ3v) is 4.07. The molecule has 1 heterocycles. The molecule has 0 aliphatic carbocycles. The summed E-state index contributed by atoms with van der Waals surface area (Å²) in [6.45, 7) is 8.61. The summed E-state index contributed by atoms with van der Waals surface area (Å²) in [4.78, 5) is 6.64. The van der Waals surface area contributed by atoms with Gasteiger partial charge in [0.25, 0.3) is 0 Å². The van der Waals surface area contributed by atoms with Gasteiger partial charge in [-0.1, -0.05) is 18.2 Å². The Morgan fingerprint density at radius 1 is 1.19 bits per heavy atom. The molecule has 0 amide bonds. The molecule has 0 aliphatic rings. The highest BCUT2D eigenvalue weighted by Crippen LogP contribution is 2.12. The lowest BCUT2D eigenvalue weighted by Gasteiger charge is -2.23. The first kappa shape index (κ1) is 22.2. The van der Waals surface area contributed by atoms with Gasteiger partial charge in [0, 0.05) is 38.9 Å². The summed E-state index contributed by atoms with van der Waals surface area (Å²) in [5, 5.41) is 14.7. The lowest BCUT2D eigenvalue weighted by Crippen LogP contribution is -2.39. The Bertz CT molecular complexity index is 642. The summed E-state index contributed by atoms with van der Waals surface area (Å²) in [5.41, 5.74) is 1.27. The molecule has 1 aromatic heterocycles. The zero-order chi connectivity index (χ0) is 17.9. The quantitative estimate of drug-likeness (QED) is 0.255. The molecule has 1 aromatic carbocycles. The van der Waals surface area contributed by atoms with Gasteiger partial charge in [-0.3, -0.25) is 4.99 Å². The standard InChI is InChI=1S/C18H29N7.HI/c1-4-24(16-10-7-6-8-11-16)13-9-12-20-18(19-3)21-14-17-23-22-15-25(17)5-2;/h6-8,10-11,15H,4-5,9,12-14H2,1-3H3,(H2,19,20,21);1H. The summed E-state index contributed by atoms with van der Waals surface area (Å²) < 4.78 is 2.01. The highest BCUT2D eigenvalue weighted by atomic mass is 127. The predicted octanol–water partition coefficient (Wildman–Crippen LogP) is 2.50. The summed E-state index contributed by atoms with van der Waals surface area (Å²) in [6, 6.07) is 10.5. The third kappa shape index (κ3) is 6.81. The molecular weight excluding hydrogens is 441 g/mol. The molecule has 0 fully saturated rings. The number of aromatic nitrogens is 3. The first-order valence-corrected chi connectivity index (χ1v) is 8.89. The average molecular weight is 471 g/mol. The van der Waals surface area contributed by atoms with Crippen molar-refractivity contribution in [3.63, 3.8) is 0 Å². The molecule has 0 aliphatic heterocycles. The van der Waals surface area contributed by atoms with Gasteiger partial charge < -0.3 is 20.1 Å². The highest BCUT2D eigenvalue weighted by molar-refractivity contribution is 14.0. The zero-order valence-electron chi connectivity index (χ0n) is 15.9. The molecule has 2 aromatic rings. The summed E-state index contributed by atoms with van der Waals surface area (Å²) >= 11 is 0. The SMILES string of the molecule is CCN(CCCNC(=NC)NCc1nncn1CC)c1ccccc1.I. The molecular formula is C18H30IN7. The van der Waals surface area contributed by atoms with E-state index < -0.39 is 0 Å². The molecule has 0 saturated heterocycles. The molecule has 2 rings (SSSR count). The van der Waals surface area contributed by atoms with Crippen LogP contribution in [-0.4, -0.2) is 47.4 Å². The largest absolute Gasteiger partial charge is 0.372 e. The second-order valence-corrected chi connectivity index (χ2v) is 5.65. The average Bonchev–Trinajstić information content (AvgIpc) is 3.12. The number of benzene rings is 1. The number of hydrogen-bond acceptors (Lipinski definition) is 4. The van der Waals surface area contributed by atoms with Crippen molar-refractivity contribution in [2.45, 2.75) is 33.4 Å². The van der Waals surface area contributed by atoms with Crippen molar-refractivity contribution in [1.82, 2.24) is 25.4 Å². The molecule has 0 spiro atoms. The zero-order valence-corrected chi connectivity index (χ0v) is 18.2. The molecule has 0 atom stereocenters. The molecule has 0 radical (unpaired) electrons. The van der Waals surface area contributed by atoms with E-state index in [4.69, 9.17) is 0 Å². The van der Waals surface area contributed by atoms with Crippen LogP contribution in [0.15, 0.2) is 41.7 Å². The summed E-state index contributed by atoms with van der Waals surface area (Å²) in [7, 11) is 1.78. The Balaban J connectivity index is 0.00000338. The van der Waals surface area contributed by atoms with Gasteiger partial charge in [0.15, 0.2) is 11.8 Å². The fraction of sp³-hybridized carbons (Fsp3) is 0.500. The lowest BCUT2D eigenvalue weighted by atomic mass is 10.2. The van der Waals surface area contributed by atoms with Crippen molar-refractivity contribution in [1.29, 1.82) is 0 Å². The van der Waals surface area contributed by atoms with Crippen molar-refractivity contribution in [2.24, 2.45) is 4.99 Å². The maximum absolute atomic E-state index is 4.26. The van der Waals surface area contributed by atoms with Crippen LogP contribution in [-0.2, 0) is 13.1 Å². The minimum Gasteiger partial charge on any atom is -0.372 e. The van der Waals surface area contributed by atoms with Crippen molar-refractivity contribution in [3.8, 4) is 0 Å². The monoisotopic (exact) mass is 471 g/mol. The Kier molecular flexibility index (Phi) is 10.7. The van der Waals surface area contributed by atoms with Gasteiger partial charge in [-0.05, 0) is 32.4 Å². The topological polar surface area (TPSA) is 70.4 Å². The van der Waals surface area contributed by atoms with Crippen LogP contribution in [0.1, 0.15) is 26.1 Å². The van der Waals surface area contributed by atoms with Crippen LogP contribution >= 0.6 is 24.0 Å². The van der Waals surface area contributed by atoms with E-state index in [1.807, 2.05) is 10.6 Å². The Hall–Kier alpha value is -1.84. The molecule has 7 nitrogen and oxygen atoms in total. The lowest BCUT2D eigenvalue weighted by molar-refractivity contribution is 0.663. The molecule has 0 bridgehead atoms. The smallest absolute Gasteiger partial charge is 0.191 e. The normalized spacial score (nSPS) is 11.0. The van der Waals surface area contributed by atoms with E-state index in [1.165, 1.54) is 5.69 Å². The maximum Gasteiger partial charge on any atom is 0.191 e. The Labute approximate surface area is 173 Å². The van der Waals surface area contributed by atoms with Crippen LogP contribution in [0.25, 0.3) is 0 Å². The highest BCUT2D eigenvalue weighted by Gasteiger charge is 2.05. The second-order valence-electron chi connectivity index (χ2n) is 5.65. The number of nitrogens with one attached hydrogen (secondary N) is 2. The van der Waals surface area contributed by atoms with Crippen LogP contribution in [0, 0.1) is 0 Å². The predicted molar refractivity (Wildman–Crippen MR) is 118 cm³/mol. The molecule has 8 heteroatoms. The number of rotatable bonds is 9. The van der Waals surface area contributed by atoms with Crippen LogP contribution < -0.4 is 15.5 Å². The second kappa shape index (κ2) is 12.5. The molecule has 0 saturated carbocycles. The number of guanidine groups is 1. The molecule has 0 unspecified atom stereocenters. The number of halogens is 1. The molecule has 144 valence electrons. The number of para-hydroxylation sites is 1. The van der Waals surface area contributed by atoms with E-state index in [0.717, 1.165) is 44.4 Å². The minimum atomic E-state index is 0. The van der Waals surface area contributed by atoms with Gasteiger partial charge in [0.1, 0.15) is 6.33 Å². The number of hydrogen-bond donors (Lipinski definition) is 2. The fourth-order valence-electron chi connectivity index (χ4n) is 2.65. The van der Waals surface area contributed by atoms with Gasteiger partial charge >= 0.3 is 0 Å². The van der Waals surface area contributed by atoms with Gasteiger partial charge in [0.05, 0.1) is 6.54 Å². The van der Waals surface area contributed by atoms with Crippen molar-refractivity contribution in [2.75, 3.05) is 31.6 Å². The van der Waals surface area contributed by atoms with Gasteiger partial charge in [-0.15, -0.1) is 34.2 Å². The first-order valence-electron chi connectivity index (χ1n) is 8.89. The van der Waals surface area contributed by atoms with Crippen molar-refractivity contribution >= 4 is 35.6 Å². The number of anilines is 1. The van der Waals surface area contributed by atoms with Crippen LogP contribution in [0.5, 0.6) is 0 Å². The first-order chi connectivity index (χ1) is 12.3. The Morgan fingerprint density at radius 2 is 1.96 bits per heavy atom. The van der Waals surface area contributed by atoms with Gasteiger partial charge in [-0.25, -0.2) is 0 Å². The molecule has 2 N–H and O–H groups in total. The van der Waals surface area contributed by atoms with E-state index in [1.54, 1.807) is 13.4 Å². The Morgan fingerprint density at radius 3 is 2.62 bits per heavy atom. The van der Waals surface area contributed by atoms with Crippen LogP contribution in [0.3, 0.4) is 0 Å². The number of nitrogens with zero attached hydrogens (tertiary/aromatic N) is 5. The van der Waals surface area contributed by atoms with Gasteiger partial charge in [0.2, 0.25) is 0 Å². The maximum atomic E-state index is 4.26. The van der Waals surface area contributed by atoms with E-state index in [9.17, 15) is 0 Å². The summed E-state index contributed by atoms with van der Waals surface area (Å²) in [6.07, 6.45) is 2.78. The van der Waals surface area contributed by atoms with E-state index >= 15 is 0 Å². The van der Waals surface area contributed by atoms with E-state index in [2.05, 4.69) is 68.8 Å². The minimum absolute atomic E-state index is 0. The van der Waals surface area contributed by atoms with E-state index in [-0.39, 0.29) is 24.0 Å². The van der Waals surface area contributed by atoms with E-state index in [0.29, 0.717) is 6.54 Å².